The molecule has 0 atom stereocenters. The van der Waals surface area contributed by atoms with Crippen molar-refractivity contribution in [1.29, 1.82) is 0 Å². The smallest absolute Gasteiger partial charge is 0.329 e. The van der Waals surface area contributed by atoms with Crippen molar-refractivity contribution >= 4 is 61.0 Å². The van der Waals surface area contributed by atoms with Gasteiger partial charge in [0.05, 0.1) is 15.9 Å². The number of para-hydroxylation sites is 1. The molecule has 1 aromatic heterocycles. The monoisotopic (exact) mass is 514 g/mol. The molecule has 1 N–H and O–H groups in total. The Labute approximate surface area is 198 Å². The molecule has 0 saturated carbocycles. The number of fused-ring (bicyclic) bond motifs is 1. The van der Waals surface area contributed by atoms with E-state index in [4.69, 9.17) is 0 Å². The Morgan fingerprint density at radius 3 is 2.47 bits per heavy atom. The lowest BCUT2D eigenvalue weighted by atomic mass is 9.87. The third-order valence-electron chi connectivity index (χ3n) is 5.61. The van der Waals surface area contributed by atoms with E-state index in [0.717, 1.165) is 14.7 Å². The van der Waals surface area contributed by atoms with Crippen molar-refractivity contribution in [1.82, 2.24) is 15.2 Å². The van der Waals surface area contributed by atoms with Crippen LogP contribution in [-0.4, -0.2) is 46.4 Å². The molecule has 2 aromatic carbocycles. The quantitative estimate of drug-likeness (QED) is 0.497. The van der Waals surface area contributed by atoms with Crippen LogP contribution in [0.3, 0.4) is 0 Å². The minimum Gasteiger partial charge on any atom is -0.336 e. The Bertz CT molecular complexity index is 1170. The molecule has 7 nitrogen and oxygen atoms in total. The minimum atomic E-state index is -0.956. The van der Waals surface area contributed by atoms with E-state index < -0.39 is 11.6 Å². The maximum Gasteiger partial charge on any atom is 0.329 e. The number of rotatable bonds is 2. The molecule has 9 heteroatoms. The van der Waals surface area contributed by atoms with E-state index in [1.807, 2.05) is 38.1 Å². The van der Waals surface area contributed by atoms with E-state index in [9.17, 15) is 14.4 Å². The number of likely N-dealkylation sites (tertiary alicyclic amines) is 1. The van der Waals surface area contributed by atoms with Gasteiger partial charge in [-0.1, -0.05) is 48.0 Å². The molecule has 2 aliphatic rings. The van der Waals surface area contributed by atoms with Crippen molar-refractivity contribution in [3.8, 4) is 0 Å². The molecule has 166 valence electrons. The molecule has 0 radical (unpaired) electrons. The summed E-state index contributed by atoms with van der Waals surface area (Å²) in [6, 6.07) is 14.2. The van der Waals surface area contributed by atoms with Crippen LogP contribution in [0.5, 0.6) is 0 Å². The van der Waals surface area contributed by atoms with E-state index in [-0.39, 0.29) is 11.8 Å². The molecule has 0 bridgehead atoms. The zero-order valence-corrected chi connectivity index (χ0v) is 20.2. The van der Waals surface area contributed by atoms with Crippen LogP contribution in [0.4, 0.5) is 10.5 Å². The number of aromatic nitrogens is 1. The maximum atomic E-state index is 13.1. The standard InChI is InChI=1S/C21H17BrN4O3S.C2H6/c22-13-6-7-15-16(12-13)30-17(23-15)18(27)25-10-8-21(9-11-25)19(28)26(20(29)24-21)14-4-2-1-3-5-14;1-2/h1-7,12H,8-11H2,(H,24,29);1-2H3. The number of benzene rings is 2. The van der Waals surface area contributed by atoms with Crippen molar-refractivity contribution in [2.24, 2.45) is 0 Å². The minimum absolute atomic E-state index is 0.140. The van der Waals surface area contributed by atoms with Crippen LogP contribution in [0.25, 0.3) is 10.2 Å². The fourth-order valence-electron chi connectivity index (χ4n) is 3.99. The van der Waals surface area contributed by atoms with Gasteiger partial charge in [0.2, 0.25) is 0 Å². The van der Waals surface area contributed by atoms with E-state index in [0.29, 0.717) is 36.6 Å². The summed E-state index contributed by atoms with van der Waals surface area (Å²) in [6.45, 7) is 4.76. The van der Waals surface area contributed by atoms with Gasteiger partial charge in [-0.25, -0.2) is 14.7 Å². The van der Waals surface area contributed by atoms with Gasteiger partial charge >= 0.3 is 6.03 Å². The number of hydrogen-bond acceptors (Lipinski definition) is 5. The van der Waals surface area contributed by atoms with Gasteiger partial charge in [0.15, 0.2) is 5.01 Å². The molecule has 2 aliphatic heterocycles. The average molecular weight is 515 g/mol. The van der Waals surface area contributed by atoms with E-state index >= 15 is 0 Å². The van der Waals surface area contributed by atoms with Crippen LogP contribution >= 0.6 is 27.3 Å². The molecule has 4 amide bonds. The normalized spacial score (nSPS) is 17.3. The van der Waals surface area contributed by atoms with Gasteiger partial charge in [0.25, 0.3) is 11.8 Å². The number of anilines is 1. The zero-order valence-electron chi connectivity index (χ0n) is 17.8. The number of nitrogens with one attached hydrogen (secondary N) is 1. The number of amides is 4. The van der Waals surface area contributed by atoms with Crippen LogP contribution in [0, 0.1) is 0 Å². The second-order valence-electron chi connectivity index (χ2n) is 7.41. The lowest BCUT2D eigenvalue weighted by Crippen LogP contribution is -2.55. The maximum absolute atomic E-state index is 13.1. The highest BCUT2D eigenvalue weighted by Crippen LogP contribution is 2.33. The number of carbonyl (C=O) groups is 3. The van der Waals surface area contributed by atoms with E-state index in [2.05, 4.69) is 26.2 Å². The molecular formula is C23H23BrN4O3S. The van der Waals surface area contributed by atoms with Crippen molar-refractivity contribution in [3.05, 3.63) is 58.0 Å². The second kappa shape index (κ2) is 8.99. The van der Waals surface area contributed by atoms with Gasteiger partial charge in [-0.2, -0.15) is 0 Å². The number of urea groups is 1. The zero-order chi connectivity index (χ0) is 22.9. The first kappa shape index (κ1) is 22.4. The summed E-state index contributed by atoms with van der Waals surface area (Å²) >= 11 is 4.79. The summed E-state index contributed by atoms with van der Waals surface area (Å²) in [5.74, 6) is -0.394. The Morgan fingerprint density at radius 1 is 1.09 bits per heavy atom. The van der Waals surface area contributed by atoms with Gasteiger partial charge in [-0.3, -0.25) is 9.59 Å². The summed E-state index contributed by atoms with van der Waals surface area (Å²) in [6.07, 6.45) is 0.756. The number of nitrogens with zero attached hydrogens (tertiary/aromatic N) is 3. The fraction of sp³-hybridized carbons (Fsp3) is 0.304. The topological polar surface area (TPSA) is 82.6 Å². The summed E-state index contributed by atoms with van der Waals surface area (Å²) in [7, 11) is 0. The van der Waals surface area contributed by atoms with Gasteiger partial charge in [0.1, 0.15) is 5.54 Å². The molecule has 2 saturated heterocycles. The summed E-state index contributed by atoms with van der Waals surface area (Å²) in [5.41, 5.74) is 0.384. The molecule has 0 unspecified atom stereocenters. The Hall–Kier alpha value is -2.78. The Kier molecular flexibility index (Phi) is 6.30. The Balaban J connectivity index is 0.00000119. The molecule has 32 heavy (non-hydrogen) atoms. The lowest BCUT2D eigenvalue weighted by molar-refractivity contribution is -0.123. The molecule has 3 aromatic rings. The van der Waals surface area contributed by atoms with Gasteiger partial charge < -0.3 is 10.2 Å². The van der Waals surface area contributed by atoms with Crippen LogP contribution in [0.1, 0.15) is 36.5 Å². The predicted octanol–water partition coefficient (Wildman–Crippen LogP) is 4.82. The lowest BCUT2D eigenvalue weighted by Gasteiger charge is -2.36. The Morgan fingerprint density at radius 2 is 1.78 bits per heavy atom. The molecule has 5 rings (SSSR count). The summed E-state index contributed by atoms with van der Waals surface area (Å²) < 4.78 is 1.88. The van der Waals surface area contributed by atoms with Gasteiger partial charge in [-0.15, -0.1) is 11.3 Å². The number of hydrogen-bond donors (Lipinski definition) is 1. The molecule has 2 fully saturated rings. The van der Waals surface area contributed by atoms with Crippen LogP contribution in [0.15, 0.2) is 53.0 Å². The first-order valence-electron chi connectivity index (χ1n) is 10.5. The SMILES string of the molecule is CC.O=C(c1nc2ccc(Br)cc2s1)N1CCC2(CC1)NC(=O)N(c1ccccc1)C2=O. The van der Waals surface area contributed by atoms with E-state index in [1.165, 1.54) is 16.2 Å². The number of imide groups is 1. The summed E-state index contributed by atoms with van der Waals surface area (Å²) in [4.78, 5) is 46.0. The third kappa shape index (κ3) is 3.91. The van der Waals surface area contributed by atoms with Crippen LogP contribution < -0.4 is 10.2 Å². The van der Waals surface area contributed by atoms with E-state index in [1.54, 1.807) is 29.2 Å². The van der Waals surface area contributed by atoms with Gasteiger partial charge in [-0.05, 0) is 43.2 Å². The van der Waals surface area contributed by atoms with Crippen LogP contribution in [0.2, 0.25) is 0 Å². The number of carbonyl (C=O) groups excluding carboxylic acids is 3. The first-order chi connectivity index (χ1) is 15.5. The summed E-state index contributed by atoms with van der Waals surface area (Å²) in [5, 5.41) is 3.31. The van der Waals surface area contributed by atoms with Crippen molar-refractivity contribution < 1.29 is 14.4 Å². The number of halogens is 1. The third-order valence-corrected chi connectivity index (χ3v) is 7.11. The highest BCUT2D eigenvalue weighted by molar-refractivity contribution is 9.10. The molecular weight excluding hydrogens is 492 g/mol. The van der Waals surface area contributed by atoms with Crippen LogP contribution in [-0.2, 0) is 4.79 Å². The highest BCUT2D eigenvalue weighted by atomic mass is 79.9. The highest BCUT2D eigenvalue weighted by Gasteiger charge is 2.53. The second-order valence-corrected chi connectivity index (χ2v) is 9.36. The fourth-order valence-corrected chi connectivity index (χ4v) is 5.47. The number of piperidine rings is 1. The molecule has 1 spiro atoms. The number of thiazole rings is 1. The van der Waals surface area contributed by atoms with Crippen molar-refractivity contribution in [2.75, 3.05) is 18.0 Å². The van der Waals surface area contributed by atoms with Crippen molar-refractivity contribution in [2.45, 2.75) is 32.2 Å². The molecule has 3 heterocycles. The van der Waals surface area contributed by atoms with Gasteiger partial charge in [0, 0.05) is 17.6 Å². The van der Waals surface area contributed by atoms with Crippen molar-refractivity contribution in [3.63, 3.8) is 0 Å². The molecule has 0 aliphatic carbocycles. The average Bonchev–Trinajstić information content (AvgIpc) is 3.34. The largest absolute Gasteiger partial charge is 0.336 e. The predicted molar refractivity (Wildman–Crippen MR) is 129 cm³/mol. The first-order valence-corrected chi connectivity index (χ1v) is 12.1.